The molecule has 0 N–H and O–H groups in total. The Morgan fingerprint density at radius 2 is 1.00 bits per heavy atom. The summed E-state index contributed by atoms with van der Waals surface area (Å²) in [4.78, 5) is 0. The maximum Gasteiger partial charge on any atom is 0.188 e. The van der Waals surface area contributed by atoms with Crippen LogP contribution >= 0.6 is 0 Å². The van der Waals surface area contributed by atoms with E-state index in [2.05, 4.69) is 6.58 Å². The van der Waals surface area contributed by atoms with Gasteiger partial charge in [-0.2, -0.15) is 0 Å². The normalized spacial score (nSPS) is 21.5. The van der Waals surface area contributed by atoms with Crippen LogP contribution in [0.25, 0.3) is 0 Å². The summed E-state index contributed by atoms with van der Waals surface area (Å²) in [6.45, 7) is 6.65. The van der Waals surface area contributed by atoms with Crippen LogP contribution in [0.5, 0.6) is 0 Å². The van der Waals surface area contributed by atoms with Crippen molar-refractivity contribution in [2.24, 2.45) is 0 Å². The molecule has 8 heteroatoms. The Bertz CT molecular complexity index is 1580. The van der Waals surface area contributed by atoms with Gasteiger partial charge in [0.15, 0.2) is 15.3 Å². The van der Waals surface area contributed by atoms with Crippen LogP contribution in [0, 0.1) is 0 Å². The van der Waals surface area contributed by atoms with E-state index in [1.807, 2.05) is 121 Å². The van der Waals surface area contributed by atoms with Crippen molar-refractivity contribution in [1.82, 2.24) is 0 Å². The second-order valence-corrected chi connectivity index (χ2v) is 13.7. The Morgan fingerprint density at radius 1 is 0.609 bits per heavy atom. The molecule has 0 radical (unpaired) electrons. The lowest BCUT2D eigenvalue weighted by molar-refractivity contribution is -0.256. The van der Waals surface area contributed by atoms with E-state index in [0.717, 1.165) is 22.3 Å². The molecular weight excluding hydrogens is 600 g/mol. The fraction of sp³-hybridized carbons (Fsp3) is 0.316. The van der Waals surface area contributed by atoms with Gasteiger partial charge in [-0.3, -0.25) is 0 Å². The van der Waals surface area contributed by atoms with Crippen molar-refractivity contribution in [2.45, 2.75) is 63.2 Å². The molecule has 1 heterocycles. The molecular formula is C38H42O7S. The lowest BCUT2D eigenvalue weighted by Crippen LogP contribution is -2.63. The van der Waals surface area contributed by atoms with Crippen molar-refractivity contribution < 1.29 is 32.1 Å². The topological polar surface area (TPSA) is 80.3 Å². The van der Waals surface area contributed by atoms with Gasteiger partial charge in [-0.25, -0.2) is 8.42 Å². The molecule has 0 saturated carbocycles. The first-order valence-electron chi connectivity index (χ1n) is 15.5. The van der Waals surface area contributed by atoms with Gasteiger partial charge in [0.1, 0.15) is 24.4 Å². The zero-order valence-electron chi connectivity index (χ0n) is 26.1. The molecule has 2 unspecified atom stereocenters. The summed E-state index contributed by atoms with van der Waals surface area (Å²) in [6.07, 6.45) is -3.29. The molecule has 1 aliphatic rings. The number of sulfone groups is 1. The molecule has 0 amide bonds. The van der Waals surface area contributed by atoms with Gasteiger partial charge in [0.05, 0.1) is 38.8 Å². The molecule has 1 aliphatic heterocycles. The summed E-state index contributed by atoms with van der Waals surface area (Å²) in [5.41, 5.74) is 2.97. The van der Waals surface area contributed by atoms with E-state index >= 15 is 0 Å². The fourth-order valence-corrected chi connectivity index (χ4v) is 7.27. The average Bonchev–Trinajstić information content (AvgIpc) is 3.07. The SMILES string of the molecule is C=C(C)CS(=O)(=O)C1O[C@H](COCc2ccccc2)[C@@H](OCc2ccccc2)C(OCc2ccccc2)[C@H]1OCc1ccccc1. The maximum absolute atomic E-state index is 14.0. The average molecular weight is 643 g/mol. The quantitative estimate of drug-likeness (QED) is 0.126. The minimum atomic E-state index is -3.89. The Morgan fingerprint density at radius 3 is 1.43 bits per heavy atom. The van der Waals surface area contributed by atoms with Crippen LogP contribution in [0.1, 0.15) is 29.2 Å². The van der Waals surface area contributed by atoms with E-state index < -0.39 is 39.7 Å². The van der Waals surface area contributed by atoms with Crippen molar-refractivity contribution in [2.75, 3.05) is 12.4 Å². The lowest BCUT2D eigenvalue weighted by atomic mass is 9.98. The summed E-state index contributed by atoms with van der Waals surface area (Å²) in [5.74, 6) is -0.249. The van der Waals surface area contributed by atoms with Crippen LogP contribution in [0.3, 0.4) is 0 Å². The molecule has 0 aromatic heterocycles. The molecule has 4 aromatic carbocycles. The molecule has 1 saturated heterocycles. The highest BCUT2D eigenvalue weighted by Gasteiger charge is 2.52. The van der Waals surface area contributed by atoms with Crippen LogP contribution in [0.15, 0.2) is 133 Å². The van der Waals surface area contributed by atoms with Gasteiger partial charge in [-0.05, 0) is 29.2 Å². The molecule has 1 fully saturated rings. The van der Waals surface area contributed by atoms with Gasteiger partial charge in [-0.15, -0.1) is 0 Å². The van der Waals surface area contributed by atoms with Crippen molar-refractivity contribution in [3.8, 4) is 0 Å². The highest BCUT2D eigenvalue weighted by Crippen LogP contribution is 2.34. The second kappa shape index (κ2) is 16.8. The van der Waals surface area contributed by atoms with Gasteiger partial charge >= 0.3 is 0 Å². The van der Waals surface area contributed by atoms with Gasteiger partial charge in [0.2, 0.25) is 0 Å². The number of ether oxygens (including phenoxy) is 5. The first-order chi connectivity index (χ1) is 22.4. The number of hydrogen-bond donors (Lipinski definition) is 0. The van der Waals surface area contributed by atoms with Gasteiger partial charge in [-0.1, -0.05) is 133 Å². The fourth-order valence-electron chi connectivity index (χ4n) is 5.46. The van der Waals surface area contributed by atoms with Gasteiger partial charge in [0, 0.05) is 0 Å². The smallest absolute Gasteiger partial charge is 0.188 e. The maximum atomic E-state index is 14.0. The first-order valence-corrected chi connectivity index (χ1v) is 17.2. The predicted molar refractivity (Wildman–Crippen MR) is 178 cm³/mol. The number of rotatable bonds is 16. The Labute approximate surface area is 272 Å². The molecule has 242 valence electrons. The lowest BCUT2D eigenvalue weighted by Gasteiger charge is -2.45. The van der Waals surface area contributed by atoms with Crippen molar-refractivity contribution >= 4 is 9.84 Å². The van der Waals surface area contributed by atoms with E-state index in [1.165, 1.54) is 0 Å². The van der Waals surface area contributed by atoms with Crippen molar-refractivity contribution in [1.29, 1.82) is 0 Å². The summed E-state index contributed by atoms with van der Waals surface area (Å²) in [5, 5.41) is 0. The molecule has 0 aliphatic carbocycles. The molecule has 5 atom stereocenters. The van der Waals surface area contributed by atoms with Gasteiger partial charge < -0.3 is 23.7 Å². The molecule has 5 rings (SSSR count). The molecule has 0 spiro atoms. The Kier molecular flexibility index (Phi) is 12.3. The third kappa shape index (κ3) is 9.69. The second-order valence-electron chi connectivity index (χ2n) is 11.6. The van der Waals surface area contributed by atoms with Crippen LogP contribution in [0.4, 0.5) is 0 Å². The van der Waals surface area contributed by atoms with E-state index in [0.29, 0.717) is 12.2 Å². The monoisotopic (exact) mass is 642 g/mol. The molecule has 46 heavy (non-hydrogen) atoms. The minimum absolute atomic E-state index is 0.0873. The summed E-state index contributed by atoms with van der Waals surface area (Å²) in [7, 11) is -3.89. The van der Waals surface area contributed by atoms with Crippen LogP contribution in [0.2, 0.25) is 0 Å². The molecule has 7 nitrogen and oxygen atoms in total. The Balaban J connectivity index is 1.49. The highest BCUT2D eigenvalue weighted by molar-refractivity contribution is 7.92. The standard InChI is InChI=1S/C38H42O7S/c1-29(2)28-46(39,40)38-37(44-26-33-21-13-6-14-22-33)36(43-25-32-19-11-5-12-20-32)35(42-24-31-17-9-4-10-18-31)34(45-38)27-41-23-30-15-7-3-8-16-30/h3-22,34-38H,1,23-28H2,2H3/t34-,35-,36?,37-,38?/m1/s1. The van der Waals surface area contributed by atoms with E-state index in [-0.39, 0.29) is 32.2 Å². The third-order valence-electron chi connectivity index (χ3n) is 7.64. The zero-order valence-corrected chi connectivity index (χ0v) is 27.0. The number of hydrogen-bond acceptors (Lipinski definition) is 7. The largest absolute Gasteiger partial charge is 0.374 e. The summed E-state index contributed by atoms with van der Waals surface area (Å²) < 4.78 is 60.2. The highest BCUT2D eigenvalue weighted by atomic mass is 32.2. The summed E-state index contributed by atoms with van der Waals surface area (Å²) >= 11 is 0. The van der Waals surface area contributed by atoms with Crippen LogP contribution in [-0.4, -0.2) is 50.6 Å². The number of benzene rings is 4. The Hall–Kier alpha value is -3.63. The third-order valence-corrected chi connectivity index (χ3v) is 9.62. The minimum Gasteiger partial charge on any atom is -0.374 e. The molecule has 0 bridgehead atoms. The van der Waals surface area contributed by atoms with E-state index in [4.69, 9.17) is 23.7 Å². The van der Waals surface area contributed by atoms with E-state index in [1.54, 1.807) is 6.92 Å². The van der Waals surface area contributed by atoms with Crippen molar-refractivity contribution in [3.05, 3.63) is 156 Å². The van der Waals surface area contributed by atoms with Gasteiger partial charge in [0.25, 0.3) is 0 Å². The zero-order chi connectivity index (χ0) is 32.2. The predicted octanol–water partition coefficient (Wildman–Crippen LogP) is 6.68. The first kappa shape index (κ1) is 33.7. The molecule has 4 aromatic rings. The van der Waals surface area contributed by atoms with Crippen molar-refractivity contribution in [3.63, 3.8) is 0 Å². The van der Waals surface area contributed by atoms with E-state index in [9.17, 15) is 8.42 Å². The van der Waals surface area contributed by atoms with Crippen LogP contribution < -0.4 is 0 Å². The summed E-state index contributed by atoms with van der Waals surface area (Å²) in [6, 6.07) is 39.0. The van der Waals surface area contributed by atoms with Crippen LogP contribution in [-0.2, 0) is 59.9 Å².